The van der Waals surface area contributed by atoms with Gasteiger partial charge in [0.2, 0.25) is 0 Å². The topological polar surface area (TPSA) is 58.3 Å². The van der Waals surface area contributed by atoms with Gasteiger partial charge in [0.15, 0.2) is 0 Å². The Bertz CT molecular complexity index is 350. The first-order valence-corrected chi connectivity index (χ1v) is 5.92. The van der Waals surface area contributed by atoms with Crippen LogP contribution in [0.5, 0.6) is 0 Å². The average molecular weight is 271 g/mol. The number of aliphatic hydroxyl groups excluding tert-OH is 1. The van der Waals surface area contributed by atoms with Gasteiger partial charge in [-0.1, -0.05) is 12.1 Å². The van der Waals surface area contributed by atoms with Crippen LogP contribution >= 0.6 is 15.9 Å². The molecule has 1 saturated heterocycles. The van der Waals surface area contributed by atoms with E-state index in [0.717, 1.165) is 29.5 Å². The van der Waals surface area contributed by atoms with Gasteiger partial charge < -0.3 is 16.2 Å². The van der Waals surface area contributed by atoms with Gasteiger partial charge in [0.25, 0.3) is 0 Å². The SMILES string of the molecule is Nc1c(Br)cccc1C(O)C1CCNC1. The van der Waals surface area contributed by atoms with Crippen molar-refractivity contribution in [3.05, 3.63) is 28.2 Å². The van der Waals surface area contributed by atoms with Gasteiger partial charge >= 0.3 is 0 Å². The Morgan fingerprint density at radius 1 is 1.53 bits per heavy atom. The summed E-state index contributed by atoms with van der Waals surface area (Å²) >= 11 is 3.37. The number of aliphatic hydroxyl groups is 1. The summed E-state index contributed by atoms with van der Waals surface area (Å²) in [7, 11) is 0. The normalized spacial score (nSPS) is 22.9. The number of nitrogens with one attached hydrogen (secondary N) is 1. The maximum absolute atomic E-state index is 10.2. The maximum atomic E-state index is 10.2. The second kappa shape index (κ2) is 4.51. The molecule has 1 aromatic rings. The molecule has 2 atom stereocenters. The van der Waals surface area contributed by atoms with Crippen molar-refractivity contribution in [1.29, 1.82) is 0 Å². The lowest BCUT2D eigenvalue weighted by Crippen LogP contribution is -2.17. The van der Waals surface area contributed by atoms with E-state index in [2.05, 4.69) is 21.2 Å². The van der Waals surface area contributed by atoms with E-state index >= 15 is 0 Å². The van der Waals surface area contributed by atoms with Crippen molar-refractivity contribution < 1.29 is 5.11 Å². The first-order valence-electron chi connectivity index (χ1n) is 5.13. The largest absolute Gasteiger partial charge is 0.398 e. The fourth-order valence-corrected chi connectivity index (χ4v) is 2.39. The van der Waals surface area contributed by atoms with Crippen molar-refractivity contribution >= 4 is 21.6 Å². The molecule has 1 heterocycles. The smallest absolute Gasteiger partial charge is 0.0851 e. The summed E-state index contributed by atoms with van der Waals surface area (Å²) in [5.74, 6) is 0.279. The van der Waals surface area contributed by atoms with E-state index in [4.69, 9.17) is 5.73 Å². The van der Waals surface area contributed by atoms with Gasteiger partial charge in [-0.2, -0.15) is 0 Å². The van der Waals surface area contributed by atoms with Gasteiger partial charge in [-0.05, 0) is 35.0 Å². The van der Waals surface area contributed by atoms with E-state index in [1.54, 1.807) is 0 Å². The third-order valence-corrected chi connectivity index (χ3v) is 3.64. The minimum absolute atomic E-state index is 0.279. The van der Waals surface area contributed by atoms with Crippen LogP contribution in [0.3, 0.4) is 0 Å². The van der Waals surface area contributed by atoms with E-state index in [-0.39, 0.29) is 5.92 Å². The van der Waals surface area contributed by atoms with E-state index in [0.29, 0.717) is 5.69 Å². The fourth-order valence-electron chi connectivity index (χ4n) is 2.01. The highest BCUT2D eigenvalue weighted by Crippen LogP contribution is 2.33. The van der Waals surface area contributed by atoms with Crippen LogP contribution in [-0.2, 0) is 0 Å². The highest BCUT2D eigenvalue weighted by molar-refractivity contribution is 9.10. The van der Waals surface area contributed by atoms with Gasteiger partial charge in [0.05, 0.1) is 11.8 Å². The molecule has 3 nitrogen and oxygen atoms in total. The van der Waals surface area contributed by atoms with Gasteiger partial charge in [0, 0.05) is 22.5 Å². The van der Waals surface area contributed by atoms with E-state index in [9.17, 15) is 5.11 Å². The number of hydrogen-bond donors (Lipinski definition) is 3. The monoisotopic (exact) mass is 270 g/mol. The lowest BCUT2D eigenvalue weighted by molar-refractivity contribution is 0.119. The molecule has 4 heteroatoms. The number of nitrogens with two attached hydrogens (primary N) is 1. The molecule has 1 aromatic carbocycles. The van der Waals surface area contributed by atoms with Crippen molar-refractivity contribution in [2.45, 2.75) is 12.5 Å². The van der Waals surface area contributed by atoms with Gasteiger partial charge in [-0.15, -0.1) is 0 Å². The third kappa shape index (κ3) is 2.17. The van der Waals surface area contributed by atoms with Gasteiger partial charge in [0.1, 0.15) is 0 Å². The van der Waals surface area contributed by atoms with E-state index in [1.807, 2.05) is 18.2 Å². The molecule has 1 aliphatic rings. The molecular weight excluding hydrogens is 256 g/mol. The molecule has 0 spiro atoms. The summed E-state index contributed by atoms with van der Waals surface area (Å²) in [5.41, 5.74) is 7.41. The molecule has 0 saturated carbocycles. The van der Waals surface area contributed by atoms with Crippen LogP contribution in [0.1, 0.15) is 18.1 Å². The fraction of sp³-hybridized carbons (Fsp3) is 0.455. The molecule has 2 unspecified atom stereocenters. The Kier molecular flexibility index (Phi) is 3.29. The summed E-state index contributed by atoms with van der Waals surface area (Å²) in [4.78, 5) is 0. The number of hydrogen-bond acceptors (Lipinski definition) is 3. The molecule has 15 heavy (non-hydrogen) atoms. The summed E-state index contributed by atoms with van der Waals surface area (Å²) in [6.45, 7) is 1.85. The predicted octanol–water partition coefficient (Wildman–Crippen LogP) is 1.67. The molecule has 0 amide bonds. The van der Waals surface area contributed by atoms with Crippen LogP contribution in [0.15, 0.2) is 22.7 Å². The summed E-state index contributed by atoms with van der Waals surface area (Å²) in [6.07, 6.45) is 0.546. The zero-order valence-corrected chi connectivity index (χ0v) is 10.00. The number of anilines is 1. The third-order valence-electron chi connectivity index (χ3n) is 2.95. The second-order valence-electron chi connectivity index (χ2n) is 3.94. The molecule has 4 N–H and O–H groups in total. The lowest BCUT2D eigenvalue weighted by Gasteiger charge is -2.19. The first kappa shape index (κ1) is 10.9. The Labute approximate surface area is 97.8 Å². The standard InChI is InChI=1S/C11H15BrN2O/c12-9-3-1-2-8(10(9)13)11(15)7-4-5-14-6-7/h1-3,7,11,14-15H,4-6,13H2. The first-order chi connectivity index (χ1) is 7.20. The average Bonchev–Trinajstić information content (AvgIpc) is 2.74. The van der Waals surface area contributed by atoms with Crippen LogP contribution in [0.2, 0.25) is 0 Å². The summed E-state index contributed by atoms with van der Waals surface area (Å²) in [5, 5.41) is 13.4. The van der Waals surface area contributed by atoms with Crippen molar-refractivity contribution in [2.75, 3.05) is 18.8 Å². The maximum Gasteiger partial charge on any atom is 0.0851 e. The summed E-state index contributed by atoms with van der Waals surface area (Å²) in [6, 6.07) is 5.68. The minimum Gasteiger partial charge on any atom is -0.398 e. The highest BCUT2D eigenvalue weighted by atomic mass is 79.9. The van der Waals surface area contributed by atoms with Crippen LogP contribution in [0, 0.1) is 5.92 Å². The zero-order chi connectivity index (χ0) is 10.8. The van der Waals surface area contributed by atoms with Crippen LogP contribution in [-0.4, -0.2) is 18.2 Å². The number of halogens is 1. The zero-order valence-electron chi connectivity index (χ0n) is 8.41. The summed E-state index contributed by atoms with van der Waals surface area (Å²) < 4.78 is 0.852. The molecule has 2 rings (SSSR count). The van der Waals surface area contributed by atoms with Gasteiger partial charge in [-0.25, -0.2) is 0 Å². The van der Waals surface area contributed by atoms with Crippen molar-refractivity contribution in [1.82, 2.24) is 5.32 Å². The molecule has 1 aliphatic heterocycles. The molecule has 0 aliphatic carbocycles. The molecule has 0 radical (unpaired) electrons. The molecule has 82 valence electrons. The van der Waals surface area contributed by atoms with Crippen LogP contribution in [0.4, 0.5) is 5.69 Å². The minimum atomic E-state index is -0.461. The molecule has 1 fully saturated rings. The number of para-hydroxylation sites is 1. The van der Waals surface area contributed by atoms with Crippen molar-refractivity contribution in [2.24, 2.45) is 5.92 Å². The second-order valence-corrected chi connectivity index (χ2v) is 4.79. The Hall–Kier alpha value is -0.580. The number of nitrogen functional groups attached to an aromatic ring is 1. The van der Waals surface area contributed by atoms with Crippen LogP contribution in [0.25, 0.3) is 0 Å². The Morgan fingerprint density at radius 3 is 3.00 bits per heavy atom. The van der Waals surface area contributed by atoms with E-state index < -0.39 is 6.10 Å². The number of benzene rings is 1. The lowest BCUT2D eigenvalue weighted by atomic mass is 9.94. The molecule has 0 bridgehead atoms. The van der Waals surface area contributed by atoms with Crippen LogP contribution < -0.4 is 11.1 Å². The molecule has 0 aromatic heterocycles. The Balaban J connectivity index is 2.24. The predicted molar refractivity (Wildman–Crippen MR) is 64.5 cm³/mol. The molecular formula is C11H15BrN2O. The van der Waals surface area contributed by atoms with Crippen molar-refractivity contribution in [3.8, 4) is 0 Å². The Morgan fingerprint density at radius 2 is 2.33 bits per heavy atom. The van der Waals surface area contributed by atoms with Gasteiger partial charge in [-0.3, -0.25) is 0 Å². The number of rotatable bonds is 2. The highest BCUT2D eigenvalue weighted by Gasteiger charge is 2.25. The quantitative estimate of drug-likeness (QED) is 0.717. The van der Waals surface area contributed by atoms with E-state index in [1.165, 1.54) is 0 Å². The van der Waals surface area contributed by atoms with Crippen molar-refractivity contribution in [3.63, 3.8) is 0 Å².